The van der Waals surface area contributed by atoms with Crippen LogP contribution in [0.3, 0.4) is 0 Å². The number of carbonyl (C=O) groups is 2. The number of hydrogen-bond donors (Lipinski definition) is 1. The summed E-state index contributed by atoms with van der Waals surface area (Å²) in [7, 11) is -2.12. The molecule has 1 N–H and O–H groups in total. The highest BCUT2D eigenvalue weighted by molar-refractivity contribution is 7.92. The van der Waals surface area contributed by atoms with E-state index >= 15 is 0 Å². The normalized spacial score (nSPS) is 12.0. The van der Waals surface area contributed by atoms with E-state index < -0.39 is 16.1 Å². The van der Waals surface area contributed by atoms with Crippen LogP contribution in [0, 0.1) is 6.92 Å². The van der Waals surface area contributed by atoms with Gasteiger partial charge in [0.1, 0.15) is 11.8 Å². The number of para-hydroxylation sites is 2. The van der Waals surface area contributed by atoms with Gasteiger partial charge in [-0.25, -0.2) is 8.42 Å². The average Bonchev–Trinajstić information content (AvgIpc) is 2.85. The number of amides is 2. The zero-order chi connectivity index (χ0) is 26.7. The van der Waals surface area contributed by atoms with E-state index in [1.54, 1.807) is 29.2 Å². The van der Waals surface area contributed by atoms with E-state index in [4.69, 9.17) is 4.74 Å². The third kappa shape index (κ3) is 7.98. The highest BCUT2D eigenvalue weighted by Gasteiger charge is 2.29. The number of methoxy groups -OCH3 is 1. The molecular weight excluding hydrogens is 478 g/mol. The molecule has 0 saturated carbocycles. The molecule has 2 aromatic rings. The van der Waals surface area contributed by atoms with Gasteiger partial charge in [0.25, 0.3) is 0 Å². The number of ether oxygens (including phenoxy) is 1. The van der Waals surface area contributed by atoms with Crippen molar-refractivity contribution in [1.29, 1.82) is 0 Å². The Labute approximate surface area is 215 Å². The lowest BCUT2D eigenvalue weighted by Gasteiger charge is -2.31. The summed E-state index contributed by atoms with van der Waals surface area (Å²) >= 11 is 0. The van der Waals surface area contributed by atoms with E-state index in [-0.39, 0.29) is 24.8 Å². The summed E-state index contributed by atoms with van der Waals surface area (Å²) in [6.45, 7) is 6.82. The van der Waals surface area contributed by atoms with Crippen LogP contribution < -0.4 is 14.4 Å². The van der Waals surface area contributed by atoms with Crippen LogP contribution >= 0.6 is 0 Å². The number of aryl methyl sites for hydroxylation is 1. The minimum absolute atomic E-state index is 0.102. The zero-order valence-electron chi connectivity index (χ0n) is 22.0. The fourth-order valence-electron chi connectivity index (χ4n) is 4.07. The summed E-state index contributed by atoms with van der Waals surface area (Å²) < 4.78 is 31.7. The molecule has 0 aliphatic heterocycles. The smallest absolute Gasteiger partial charge is 0.242 e. The van der Waals surface area contributed by atoms with Crippen molar-refractivity contribution in [2.45, 2.75) is 59.0 Å². The number of nitrogens with one attached hydrogen (secondary N) is 1. The monoisotopic (exact) mass is 517 g/mol. The number of hydrogen-bond acceptors (Lipinski definition) is 5. The summed E-state index contributed by atoms with van der Waals surface area (Å²) in [4.78, 5) is 28.0. The van der Waals surface area contributed by atoms with Gasteiger partial charge in [0.05, 0.1) is 19.1 Å². The minimum atomic E-state index is -3.60. The molecule has 2 rings (SSSR count). The minimum Gasteiger partial charge on any atom is -0.495 e. The van der Waals surface area contributed by atoms with Crippen LogP contribution in [0.25, 0.3) is 0 Å². The third-order valence-electron chi connectivity index (χ3n) is 6.04. The Balaban J connectivity index is 2.24. The van der Waals surface area contributed by atoms with Crippen LogP contribution in [0.4, 0.5) is 5.69 Å². The molecular formula is C27H39N3O5S. The maximum Gasteiger partial charge on any atom is 0.242 e. The molecule has 0 fully saturated rings. The Kier molecular flexibility index (Phi) is 11.2. The van der Waals surface area contributed by atoms with E-state index in [0.29, 0.717) is 37.4 Å². The van der Waals surface area contributed by atoms with Gasteiger partial charge < -0.3 is 15.0 Å². The fraction of sp³-hybridized carbons (Fsp3) is 0.481. The van der Waals surface area contributed by atoms with E-state index in [9.17, 15) is 18.0 Å². The third-order valence-corrected chi connectivity index (χ3v) is 7.22. The Morgan fingerprint density at radius 3 is 2.33 bits per heavy atom. The number of anilines is 1. The van der Waals surface area contributed by atoms with Crippen LogP contribution in [0.15, 0.2) is 48.5 Å². The Hall–Kier alpha value is -3.07. The Morgan fingerprint density at radius 2 is 1.72 bits per heavy atom. The van der Waals surface area contributed by atoms with Gasteiger partial charge in [0.2, 0.25) is 21.8 Å². The molecule has 0 heterocycles. The Bertz CT molecular complexity index is 1120. The summed E-state index contributed by atoms with van der Waals surface area (Å²) in [5.41, 5.74) is 2.44. The van der Waals surface area contributed by atoms with Gasteiger partial charge in [-0.3, -0.25) is 13.9 Å². The van der Waals surface area contributed by atoms with Crippen LogP contribution in [0.5, 0.6) is 5.75 Å². The summed E-state index contributed by atoms with van der Waals surface area (Å²) in [6.07, 6.45) is 2.81. The zero-order valence-corrected chi connectivity index (χ0v) is 22.8. The van der Waals surface area contributed by atoms with Gasteiger partial charge in [-0.05, 0) is 49.4 Å². The molecule has 0 saturated heterocycles. The molecule has 2 amide bonds. The second-order valence-electron chi connectivity index (χ2n) is 8.77. The Morgan fingerprint density at radius 1 is 1.06 bits per heavy atom. The lowest BCUT2D eigenvalue weighted by atomic mass is 10.1. The second-order valence-corrected chi connectivity index (χ2v) is 10.7. The van der Waals surface area contributed by atoms with Crippen molar-refractivity contribution >= 4 is 27.5 Å². The standard InChI is InChI=1S/C27H39N3O5S/c1-6-18-28-27(32)23(7-2)29(20-22-14-9-8-13-21(22)3)26(31)17-12-19-30(36(5,33)34)24-15-10-11-16-25(24)35-4/h8-11,13-16,23H,6-7,12,17-20H2,1-5H3,(H,28,32)/t23-/m0/s1. The molecule has 198 valence electrons. The molecule has 0 spiro atoms. The highest BCUT2D eigenvalue weighted by atomic mass is 32.2. The van der Waals surface area contributed by atoms with E-state index in [1.807, 2.05) is 45.0 Å². The predicted octanol–water partition coefficient (Wildman–Crippen LogP) is 3.88. The molecule has 0 unspecified atom stereocenters. The molecule has 0 aliphatic rings. The first-order chi connectivity index (χ1) is 17.1. The maximum atomic E-state index is 13.5. The van der Waals surface area contributed by atoms with Crippen molar-refractivity contribution in [2.75, 3.05) is 30.8 Å². The second kappa shape index (κ2) is 13.9. The van der Waals surface area contributed by atoms with Crippen molar-refractivity contribution < 1.29 is 22.7 Å². The number of rotatable bonds is 14. The lowest BCUT2D eigenvalue weighted by molar-refractivity contribution is -0.141. The molecule has 0 bridgehead atoms. The maximum absolute atomic E-state index is 13.5. The van der Waals surface area contributed by atoms with Gasteiger partial charge in [0, 0.05) is 26.1 Å². The van der Waals surface area contributed by atoms with Crippen LogP contribution in [0.2, 0.25) is 0 Å². The first-order valence-electron chi connectivity index (χ1n) is 12.4. The molecule has 36 heavy (non-hydrogen) atoms. The van der Waals surface area contributed by atoms with E-state index in [2.05, 4.69) is 5.32 Å². The van der Waals surface area contributed by atoms with E-state index in [0.717, 1.165) is 23.8 Å². The molecule has 9 heteroatoms. The van der Waals surface area contributed by atoms with Gasteiger partial charge >= 0.3 is 0 Å². The van der Waals surface area contributed by atoms with E-state index in [1.165, 1.54) is 11.4 Å². The molecule has 0 aliphatic carbocycles. The first kappa shape index (κ1) is 29.2. The fourth-order valence-corrected chi connectivity index (χ4v) is 5.04. The van der Waals surface area contributed by atoms with Gasteiger partial charge in [-0.15, -0.1) is 0 Å². The summed E-state index contributed by atoms with van der Waals surface area (Å²) in [5, 5.41) is 2.91. The first-order valence-corrected chi connectivity index (χ1v) is 14.2. The summed E-state index contributed by atoms with van der Waals surface area (Å²) in [6, 6.07) is 14.1. The molecule has 8 nitrogen and oxygen atoms in total. The van der Waals surface area contributed by atoms with Crippen LogP contribution in [0.1, 0.15) is 50.7 Å². The van der Waals surface area contributed by atoms with Crippen molar-refractivity contribution in [2.24, 2.45) is 0 Å². The molecule has 0 radical (unpaired) electrons. The number of benzene rings is 2. The van der Waals surface area contributed by atoms with Crippen molar-refractivity contribution in [3.8, 4) is 5.75 Å². The largest absolute Gasteiger partial charge is 0.495 e. The van der Waals surface area contributed by atoms with Crippen molar-refractivity contribution in [3.05, 3.63) is 59.7 Å². The number of carbonyl (C=O) groups excluding carboxylic acids is 2. The lowest BCUT2D eigenvalue weighted by Crippen LogP contribution is -2.49. The molecule has 2 aromatic carbocycles. The van der Waals surface area contributed by atoms with Crippen molar-refractivity contribution in [3.63, 3.8) is 0 Å². The number of sulfonamides is 1. The molecule has 1 atom stereocenters. The van der Waals surface area contributed by atoms with Gasteiger partial charge in [-0.1, -0.05) is 50.2 Å². The van der Waals surface area contributed by atoms with Gasteiger partial charge in [0.15, 0.2) is 0 Å². The van der Waals surface area contributed by atoms with Crippen LogP contribution in [-0.4, -0.2) is 57.6 Å². The highest BCUT2D eigenvalue weighted by Crippen LogP contribution is 2.30. The summed E-state index contributed by atoms with van der Waals surface area (Å²) in [5.74, 6) is 0.0763. The SMILES string of the molecule is CCCNC(=O)[C@H](CC)N(Cc1ccccc1C)C(=O)CCCN(c1ccccc1OC)S(C)(=O)=O. The molecule has 0 aromatic heterocycles. The average molecular weight is 518 g/mol. The van der Waals surface area contributed by atoms with Crippen molar-refractivity contribution in [1.82, 2.24) is 10.2 Å². The number of nitrogens with zero attached hydrogens (tertiary/aromatic N) is 2. The van der Waals surface area contributed by atoms with Gasteiger partial charge in [-0.2, -0.15) is 0 Å². The quantitative estimate of drug-likeness (QED) is 0.410. The van der Waals surface area contributed by atoms with Crippen LogP contribution in [-0.2, 0) is 26.2 Å². The topological polar surface area (TPSA) is 96.0 Å². The predicted molar refractivity (Wildman–Crippen MR) is 144 cm³/mol.